The fraction of sp³-hybridized carbons (Fsp3) is 0.250. The van der Waals surface area contributed by atoms with E-state index in [0.29, 0.717) is 18.2 Å². The number of benzene rings is 2. The highest BCUT2D eigenvalue weighted by atomic mass is 35.5. The molecule has 2 rings (SSSR count). The van der Waals surface area contributed by atoms with E-state index in [2.05, 4.69) is 5.32 Å². The van der Waals surface area contributed by atoms with Crippen LogP contribution in [0.1, 0.15) is 12.5 Å². The Balaban J connectivity index is 2.12. The van der Waals surface area contributed by atoms with Crippen LogP contribution in [0.15, 0.2) is 42.5 Å². The Hall–Kier alpha value is -1.87. The molecule has 0 atom stereocenters. The van der Waals surface area contributed by atoms with Gasteiger partial charge in [0.05, 0.1) is 24.4 Å². The molecule has 0 radical (unpaired) electrons. The van der Waals surface area contributed by atoms with Gasteiger partial charge in [0, 0.05) is 18.2 Å². The molecule has 4 heteroatoms. The van der Waals surface area contributed by atoms with Gasteiger partial charge in [-0.2, -0.15) is 0 Å². The Morgan fingerprint density at radius 3 is 2.70 bits per heavy atom. The second kappa shape index (κ2) is 7.06. The van der Waals surface area contributed by atoms with Crippen molar-refractivity contribution in [3.8, 4) is 11.5 Å². The van der Waals surface area contributed by atoms with Gasteiger partial charge in [-0.05, 0) is 25.1 Å². The predicted molar refractivity (Wildman–Crippen MR) is 82.9 cm³/mol. The molecule has 0 bridgehead atoms. The molecule has 0 aromatic heterocycles. The molecule has 0 unspecified atom stereocenters. The van der Waals surface area contributed by atoms with Gasteiger partial charge in [-0.25, -0.2) is 0 Å². The Bertz CT molecular complexity index is 572. The Morgan fingerprint density at radius 2 is 1.95 bits per heavy atom. The molecule has 0 aliphatic heterocycles. The Kier molecular flexibility index (Phi) is 5.13. The maximum atomic E-state index is 6.17. The minimum atomic E-state index is 0.642. The average Bonchev–Trinajstić information content (AvgIpc) is 2.48. The zero-order valence-corrected chi connectivity index (χ0v) is 12.4. The van der Waals surface area contributed by atoms with Gasteiger partial charge in [0.25, 0.3) is 0 Å². The summed E-state index contributed by atoms with van der Waals surface area (Å²) in [7, 11) is 1.64. The second-order valence-corrected chi connectivity index (χ2v) is 4.65. The Labute approximate surface area is 124 Å². The third-order valence-corrected chi connectivity index (χ3v) is 3.24. The summed E-state index contributed by atoms with van der Waals surface area (Å²) in [5, 5.41) is 3.98. The van der Waals surface area contributed by atoms with Crippen LogP contribution in [0.4, 0.5) is 5.69 Å². The summed E-state index contributed by atoms with van der Waals surface area (Å²) in [6.45, 7) is 3.27. The van der Waals surface area contributed by atoms with Crippen LogP contribution in [-0.4, -0.2) is 13.7 Å². The van der Waals surface area contributed by atoms with Gasteiger partial charge < -0.3 is 14.8 Å². The van der Waals surface area contributed by atoms with Crippen molar-refractivity contribution in [2.75, 3.05) is 19.0 Å². The van der Waals surface area contributed by atoms with Crippen LogP contribution < -0.4 is 14.8 Å². The van der Waals surface area contributed by atoms with Gasteiger partial charge in [0.2, 0.25) is 0 Å². The van der Waals surface area contributed by atoms with Crippen LogP contribution in [0.5, 0.6) is 11.5 Å². The van der Waals surface area contributed by atoms with Crippen molar-refractivity contribution < 1.29 is 9.47 Å². The largest absolute Gasteiger partial charge is 0.497 e. The number of nitrogens with one attached hydrogen (secondary N) is 1. The minimum absolute atomic E-state index is 0.642. The molecule has 0 amide bonds. The third-order valence-electron chi connectivity index (χ3n) is 2.92. The number of anilines is 1. The number of hydrogen-bond donors (Lipinski definition) is 1. The van der Waals surface area contributed by atoms with Crippen molar-refractivity contribution in [3.05, 3.63) is 53.1 Å². The number of methoxy groups -OCH3 is 1. The summed E-state index contributed by atoms with van der Waals surface area (Å²) in [6, 6.07) is 13.5. The summed E-state index contributed by atoms with van der Waals surface area (Å²) >= 11 is 6.17. The summed E-state index contributed by atoms with van der Waals surface area (Å²) in [5.74, 6) is 1.66. The van der Waals surface area contributed by atoms with Crippen molar-refractivity contribution in [2.24, 2.45) is 0 Å². The van der Waals surface area contributed by atoms with E-state index in [4.69, 9.17) is 21.1 Å². The standard InChI is InChI=1S/C16H18ClNO2/c1-3-20-16-7-5-4-6-12(16)11-18-15-10-13(19-2)8-9-14(15)17/h4-10,18H,3,11H2,1-2H3. The van der Waals surface area contributed by atoms with Crippen LogP contribution in [0.3, 0.4) is 0 Å². The van der Waals surface area contributed by atoms with Gasteiger partial charge in [0.1, 0.15) is 11.5 Å². The monoisotopic (exact) mass is 291 g/mol. The molecule has 0 saturated heterocycles. The maximum absolute atomic E-state index is 6.17. The highest BCUT2D eigenvalue weighted by Gasteiger charge is 2.05. The number of halogens is 1. The van der Waals surface area contributed by atoms with Crippen LogP contribution in [0.25, 0.3) is 0 Å². The molecule has 0 fully saturated rings. The van der Waals surface area contributed by atoms with E-state index >= 15 is 0 Å². The molecule has 0 aliphatic rings. The second-order valence-electron chi connectivity index (χ2n) is 4.24. The van der Waals surface area contributed by atoms with Gasteiger partial charge in [-0.1, -0.05) is 29.8 Å². The molecular weight excluding hydrogens is 274 g/mol. The van der Waals surface area contributed by atoms with Gasteiger partial charge in [-0.3, -0.25) is 0 Å². The first-order valence-electron chi connectivity index (χ1n) is 6.52. The van der Waals surface area contributed by atoms with E-state index in [-0.39, 0.29) is 0 Å². The lowest BCUT2D eigenvalue weighted by Gasteiger charge is -2.13. The first kappa shape index (κ1) is 14.5. The van der Waals surface area contributed by atoms with Crippen molar-refractivity contribution >= 4 is 17.3 Å². The zero-order chi connectivity index (χ0) is 14.4. The van der Waals surface area contributed by atoms with Crippen molar-refractivity contribution in [3.63, 3.8) is 0 Å². The van der Waals surface area contributed by atoms with E-state index in [1.165, 1.54) is 0 Å². The molecule has 0 heterocycles. The van der Waals surface area contributed by atoms with Gasteiger partial charge in [0.15, 0.2) is 0 Å². The number of ether oxygens (including phenoxy) is 2. The molecule has 0 saturated carbocycles. The summed E-state index contributed by atoms with van der Waals surface area (Å²) in [5.41, 5.74) is 1.94. The summed E-state index contributed by atoms with van der Waals surface area (Å²) in [4.78, 5) is 0. The quantitative estimate of drug-likeness (QED) is 0.858. The average molecular weight is 292 g/mol. The normalized spacial score (nSPS) is 10.2. The number of hydrogen-bond acceptors (Lipinski definition) is 3. The molecule has 2 aromatic carbocycles. The molecule has 1 N–H and O–H groups in total. The molecule has 0 spiro atoms. The lowest BCUT2D eigenvalue weighted by Crippen LogP contribution is -2.03. The van der Waals surface area contributed by atoms with Crippen molar-refractivity contribution in [2.45, 2.75) is 13.5 Å². The fourth-order valence-electron chi connectivity index (χ4n) is 1.90. The van der Waals surface area contributed by atoms with Gasteiger partial charge in [-0.15, -0.1) is 0 Å². The van der Waals surface area contributed by atoms with E-state index < -0.39 is 0 Å². The number of para-hydroxylation sites is 1. The molecule has 0 aliphatic carbocycles. The third kappa shape index (κ3) is 3.58. The highest BCUT2D eigenvalue weighted by molar-refractivity contribution is 6.33. The smallest absolute Gasteiger partial charge is 0.124 e. The van der Waals surface area contributed by atoms with E-state index in [0.717, 1.165) is 22.7 Å². The molecule has 3 nitrogen and oxygen atoms in total. The molecular formula is C16H18ClNO2. The van der Waals surface area contributed by atoms with Crippen LogP contribution >= 0.6 is 11.6 Å². The minimum Gasteiger partial charge on any atom is -0.497 e. The van der Waals surface area contributed by atoms with E-state index in [1.54, 1.807) is 7.11 Å². The first-order valence-corrected chi connectivity index (χ1v) is 6.90. The van der Waals surface area contributed by atoms with Crippen LogP contribution in [0, 0.1) is 0 Å². The lowest BCUT2D eigenvalue weighted by molar-refractivity contribution is 0.337. The summed E-state index contributed by atoms with van der Waals surface area (Å²) in [6.07, 6.45) is 0. The number of rotatable bonds is 6. The predicted octanol–water partition coefficient (Wildman–Crippen LogP) is 4.36. The SMILES string of the molecule is CCOc1ccccc1CNc1cc(OC)ccc1Cl. The zero-order valence-electron chi connectivity index (χ0n) is 11.7. The molecule has 2 aromatic rings. The van der Waals surface area contributed by atoms with Crippen LogP contribution in [0.2, 0.25) is 5.02 Å². The molecule has 106 valence electrons. The van der Waals surface area contributed by atoms with Gasteiger partial charge >= 0.3 is 0 Å². The lowest BCUT2D eigenvalue weighted by atomic mass is 10.2. The maximum Gasteiger partial charge on any atom is 0.124 e. The van der Waals surface area contributed by atoms with Crippen LogP contribution in [-0.2, 0) is 6.54 Å². The van der Waals surface area contributed by atoms with E-state index in [9.17, 15) is 0 Å². The van der Waals surface area contributed by atoms with E-state index in [1.807, 2.05) is 49.4 Å². The fourth-order valence-corrected chi connectivity index (χ4v) is 2.09. The summed E-state index contributed by atoms with van der Waals surface area (Å²) < 4.78 is 10.8. The molecule has 20 heavy (non-hydrogen) atoms. The first-order chi connectivity index (χ1) is 9.74. The highest BCUT2D eigenvalue weighted by Crippen LogP contribution is 2.28. The Morgan fingerprint density at radius 1 is 1.15 bits per heavy atom. The van der Waals surface area contributed by atoms with Crippen molar-refractivity contribution in [1.82, 2.24) is 0 Å². The van der Waals surface area contributed by atoms with Crippen molar-refractivity contribution in [1.29, 1.82) is 0 Å². The topological polar surface area (TPSA) is 30.5 Å².